The van der Waals surface area contributed by atoms with Gasteiger partial charge in [0, 0.05) is 30.2 Å². The molecule has 1 aliphatic heterocycles. The van der Waals surface area contributed by atoms with Crippen LogP contribution in [0.1, 0.15) is 50.7 Å². The Hall–Kier alpha value is -1.76. The maximum absolute atomic E-state index is 10.5. The number of benzene rings is 1. The van der Waals surface area contributed by atoms with E-state index in [9.17, 15) is 10.2 Å². The molecular weight excluding hydrogens is 312 g/mol. The van der Waals surface area contributed by atoms with Gasteiger partial charge < -0.3 is 14.9 Å². The summed E-state index contributed by atoms with van der Waals surface area (Å²) < 4.78 is 6.19. The SMILES string of the molecule is CC#CC[C@@H](C)[C@H](O)/C=C/[C@@H]1[C@H]2c3cccc(CC)c3O[C@H]2C[C@H]1O. The molecule has 3 heteroatoms. The van der Waals surface area contributed by atoms with Crippen LogP contribution in [0.3, 0.4) is 0 Å². The minimum absolute atomic E-state index is 0.0162. The summed E-state index contributed by atoms with van der Waals surface area (Å²) in [4.78, 5) is 0. The van der Waals surface area contributed by atoms with Crippen LogP contribution in [0, 0.1) is 23.7 Å². The minimum atomic E-state index is -0.545. The molecule has 0 saturated heterocycles. The molecule has 3 nitrogen and oxygen atoms in total. The van der Waals surface area contributed by atoms with Crippen LogP contribution in [0.4, 0.5) is 0 Å². The van der Waals surface area contributed by atoms with E-state index in [0.717, 1.165) is 12.2 Å². The van der Waals surface area contributed by atoms with Crippen molar-refractivity contribution in [1.29, 1.82) is 0 Å². The molecule has 1 fully saturated rings. The second-order valence-corrected chi connectivity index (χ2v) is 7.24. The average molecular weight is 340 g/mol. The van der Waals surface area contributed by atoms with E-state index in [1.54, 1.807) is 0 Å². The highest BCUT2D eigenvalue weighted by atomic mass is 16.5. The van der Waals surface area contributed by atoms with Crippen LogP contribution in [-0.4, -0.2) is 28.5 Å². The Morgan fingerprint density at radius 1 is 1.40 bits per heavy atom. The number of hydrogen-bond acceptors (Lipinski definition) is 3. The lowest BCUT2D eigenvalue weighted by Crippen LogP contribution is -2.19. The van der Waals surface area contributed by atoms with E-state index in [-0.39, 0.29) is 23.9 Å². The molecule has 6 atom stereocenters. The Balaban J connectivity index is 1.79. The van der Waals surface area contributed by atoms with Crippen molar-refractivity contribution >= 4 is 0 Å². The molecule has 1 heterocycles. The fraction of sp³-hybridized carbons (Fsp3) is 0.545. The Bertz CT molecular complexity index is 697. The summed E-state index contributed by atoms with van der Waals surface area (Å²) in [7, 11) is 0. The van der Waals surface area contributed by atoms with E-state index in [4.69, 9.17) is 4.74 Å². The highest BCUT2D eigenvalue weighted by Gasteiger charge is 2.48. The van der Waals surface area contributed by atoms with Crippen LogP contribution in [-0.2, 0) is 6.42 Å². The lowest BCUT2D eigenvalue weighted by atomic mass is 9.86. The van der Waals surface area contributed by atoms with Crippen LogP contribution >= 0.6 is 0 Å². The van der Waals surface area contributed by atoms with Gasteiger partial charge >= 0.3 is 0 Å². The minimum Gasteiger partial charge on any atom is -0.489 e. The predicted octanol–water partition coefficient (Wildman–Crippen LogP) is 3.44. The van der Waals surface area contributed by atoms with Crippen molar-refractivity contribution < 1.29 is 14.9 Å². The Labute approximate surface area is 150 Å². The molecule has 134 valence electrons. The van der Waals surface area contributed by atoms with Crippen LogP contribution in [0.25, 0.3) is 0 Å². The van der Waals surface area contributed by atoms with Crippen LogP contribution < -0.4 is 4.74 Å². The molecule has 0 amide bonds. The van der Waals surface area contributed by atoms with Gasteiger partial charge in [-0.2, -0.15) is 0 Å². The van der Waals surface area contributed by atoms with E-state index in [1.807, 2.05) is 26.0 Å². The summed E-state index contributed by atoms with van der Waals surface area (Å²) in [6, 6.07) is 6.31. The number of fused-ring (bicyclic) bond motifs is 3. The van der Waals surface area contributed by atoms with Crippen LogP contribution in [0.5, 0.6) is 5.75 Å². The third-order valence-corrected chi connectivity index (χ3v) is 5.58. The molecule has 1 saturated carbocycles. The smallest absolute Gasteiger partial charge is 0.126 e. The molecule has 2 aliphatic rings. The third-order valence-electron chi connectivity index (χ3n) is 5.58. The summed E-state index contributed by atoms with van der Waals surface area (Å²) in [5, 5.41) is 20.8. The lowest BCUT2D eigenvalue weighted by molar-refractivity contribution is 0.134. The maximum Gasteiger partial charge on any atom is 0.126 e. The van der Waals surface area contributed by atoms with Gasteiger partial charge in [-0.05, 0) is 24.8 Å². The van der Waals surface area contributed by atoms with E-state index in [0.29, 0.717) is 12.8 Å². The average Bonchev–Trinajstić information content (AvgIpc) is 3.12. The first-order chi connectivity index (χ1) is 12.1. The monoisotopic (exact) mass is 340 g/mol. The van der Waals surface area contributed by atoms with Crippen molar-refractivity contribution in [2.45, 2.75) is 64.3 Å². The predicted molar refractivity (Wildman–Crippen MR) is 99.5 cm³/mol. The van der Waals surface area contributed by atoms with Gasteiger partial charge in [-0.3, -0.25) is 0 Å². The van der Waals surface area contributed by atoms with E-state index in [1.165, 1.54) is 11.1 Å². The first-order valence-electron chi connectivity index (χ1n) is 9.29. The number of aliphatic hydroxyl groups is 2. The van der Waals surface area contributed by atoms with Gasteiger partial charge in [-0.1, -0.05) is 44.2 Å². The first kappa shape index (κ1) is 18.0. The lowest BCUT2D eigenvalue weighted by Gasteiger charge is -2.19. The molecule has 0 unspecified atom stereocenters. The van der Waals surface area contributed by atoms with Gasteiger partial charge in [0.05, 0.1) is 12.2 Å². The zero-order chi connectivity index (χ0) is 18.0. The van der Waals surface area contributed by atoms with Gasteiger partial charge in [0.15, 0.2) is 0 Å². The number of rotatable bonds is 5. The zero-order valence-corrected chi connectivity index (χ0v) is 15.3. The van der Waals surface area contributed by atoms with Crippen molar-refractivity contribution in [1.82, 2.24) is 0 Å². The molecule has 0 radical (unpaired) electrons. The summed E-state index contributed by atoms with van der Waals surface area (Å²) >= 11 is 0. The van der Waals surface area contributed by atoms with Gasteiger partial charge in [0.25, 0.3) is 0 Å². The van der Waals surface area contributed by atoms with Crippen LogP contribution in [0.2, 0.25) is 0 Å². The molecule has 3 rings (SSSR count). The molecule has 0 aromatic heterocycles. The van der Waals surface area contributed by atoms with Gasteiger partial charge in [0.1, 0.15) is 11.9 Å². The maximum atomic E-state index is 10.5. The molecule has 1 aromatic carbocycles. The zero-order valence-electron chi connectivity index (χ0n) is 15.3. The van der Waals surface area contributed by atoms with Gasteiger partial charge in [-0.15, -0.1) is 11.8 Å². The molecule has 0 bridgehead atoms. The largest absolute Gasteiger partial charge is 0.489 e. The molecular formula is C22H28O3. The molecule has 1 aromatic rings. The molecule has 1 aliphatic carbocycles. The van der Waals surface area contributed by atoms with Crippen molar-refractivity contribution in [3.63, 3.8) is 0 Å². The number of aliphatic hydroxyl groups excluding tert-OH is 2. The van der Waals surface area contributed by atoms with Crippen molar-refractivity contribution in [2.75, 3.05) is 0 Å². The standard InChI is InChI=1S/C22H28O3/c1-4-6-8-14(3)18(23)12-11-16-19(24)13-20-21(16)17-10-7-9-15(5-2)22(17)25-20/h7,9-12,14,16,18-21,23-24H,5,8,13H2,1-3H3/b12-11+/t14-,16+,18-,19-,20+,21+/m1/s1. The Morgan fingerprint density at radius 2 is 2.20 bits per heavy atom. The highest BCUT2D eigenvalue weighted by molar-refractivity contribution is 5.49. The van der Waals surface area contributed by atoms with E-state index < -0.39 is 12.2 Å². The van der Waals surface area contributed by atoms with Crippen molar-refractivity contribution in [3.8, 4) is 17.6 Å². The summed E-state index contributed by atoms with van der Waals surface area (Å²) in [5.41, 5.74) is 2.44. The Kier molecular flexibility index (Phi) is 5.51. The number of hydrogen-bond donors (Lipinski definition) is 2. The topological polar surface area (TPSA) is 49.7 Å². The summed E-state index contributed by atoms with van der Waals surface area (Å²) in [5.74, 6) is 7.13. The fourth-order valence-corrected chi connectivity index (χ4v) is 4.06. The first-order valence-corrected chi connectivity index (χ1v) is 9.29. The van der Waals surface area contributed by atoms with Gasteiger partial charge in [0.2, 0.25) is 0 Å². The second-order valence-electron chi connectivity index (χ2n) is 7.24. The Morgan fingerprint density at radius 3 is 2.92 bits per heavy atom. The fourth-order valence-electron chi connectivity index (χ4n) is 4.06. The summed E-state index contributed by atoms with van der Waals surface area (Å²) in [6.45, 7) is 5.94. The number of para-hydroxylation sites is 1. The third kappa shape index (κ3) is 3.47. The van der Waals surface area contributed by atoms with E-state index in [2.05, 4.69) is 37.0 Å². The highest BCUT2D eigenvalue weighted by Crippen LogP contribution is 2.51. The van der Waals surface area contributed by atoms with E-state index >= 15 is 0 Å². The normalized spacial score (nSPS) is 29.5. The summed E-state index contributed by atoms with van der Waals surface area (Å²) in [6.07, 6.45) is 5.15. The molecule has 2 N–H and O–H groups in total. The number of aryl methyl sites for hydroxylation is 1. The van der Waals surface area contributed by atoms with Gasteiger partial charge in [-0.25, -0.2) is 0 Å². The number of ether oxygens (including phenoxy) is 1. The van der Waals surface area contributed by atoms with Crippen LogP contribution in [0.15, 0.2) is 30.4 Å². The van der Waals surface area contributed by atoms with Crippen molar-refractivity contribution in [3.05, 3.63) is 41.5 Å². The quantitative estimate of drug-likeness (QED) is 0.638. The second kappa shape index (κ2) is 7.64. The molecule has 25 heavy (non-hydrogen) atoms. The van der Waals surface area contributed by atoms with Crippen molar-refractivity contribution in [2.24, 2.45) is 11.8 Å². The molecule has 0 spiro atoms.